The Morgan fingerprint density at radius 1 is 1.35 bits per heavy atom. The smallest absolute Gasteiger partial charge is 0.246 e. The van der Waals surface area contributed by atoms with E-state index in [1.807, 2.05) is 0 Å². The van der Waals surface area contributed by atoms with Crippen LogP contribution in [0.3, 0.4) is 0 Å². The highest BCUT2D eigenvalue weighted by Crippen LogP contribution is 2.32. The molecule has 1 aliphatic heterocycles. The van der Waals surface area contributed by atoms with Crippen molar-refractivity contribution >= 4 is 10.0 Å². The molecular weight excluding hydrogens is 278 g/mol. The van der Waals surface area contributed by atoms with E-state index in [9.17, 15) is 13.5 Å². The Balaban J connectivity index is 2.40. The van der Waals surface area contributed by atoms with Crippen LogP contribution in [-0.4, -0.2) is 30.9 Å². The molecular formula is C14H23NO4S. The fourth-order valence-corrected chi connectivity index (χ4v) is 4.90. The van der Waals surface area contributed by atoms with Crippen LogP contribution in [0.4, 0.5) is 0 Å². The van der Waals surface area contributed by atoms with E-state index in [2.05, 4.69) is 6.92 Å². The van der Waals surface area contributed by atoms with E-state index in [0.29, 0.717) is 36.1 Å². The summed E-state index contributed by atoms with van der Waals surface area (Å²) in [6, 6.07) is 0. The Morgan fingerprint density at radius 3 is 2.65 bits per heavy atom. The Bertz CT molecular complexity index is 576. The van der Waals surface area contributed by atoms with Crippen molar-refractivity contribution in [3.63, 3.8) is 0 Å². The van der Waals surface area contributed by atoms with Crippen molar-refractivity contribution in [2.75, 3.05) is 13.1 Å². The highest BCUT2D eigenvalue weighted by molar-refractivity contribution is 7.89. The molecule has 0 amide bonds. The Hall–Kier alpha value is -0.850. The molecule has 1 atom stereocenters. The van der Waals surface area contributed by atoms with Gasteiger partial charge < -0.3 is 9.52 Å². The molecule has 0 aliphatic carbocycles. The van der Waals surface area contributed by atoms with Gasteiger partial charge in [0.05, 0.1) is 6.61 Å². The molecule has 0 spiro atoms. The van der Waals surface area contributed by atoms with Gasteiger partial charge in [0.2, 0.25) is 10.0 Å². The van der Waals surface area contributed by atoms with E-state index in [1.54, 1.807) is 18.2 Å². The van der Waals surface area contributed by atoms with Gasteiger partial charge in [-0.15, -0.1) is 0 Å². The molecule has 1 saturated heterocycles. The minimum absolute atomic E-state index is 0.161. The van der Waals surface area contributed by atoms with Gasteiger partial charge in [-0.1, -0.05) is 13.3 Å². The molecule has 0 radical (unpaired) electrons. The van der Waals surface area contributed by atoms with Crippen molar-refractivity contribution in [2.45, 2.75) is 51.5 Å². The topological polar surface area (TPSA) is 70.8 Å². The first kappa shape index (κ1) is 15.5. The average Bonchev–Trinajstić information content (AvgIpc) is 2.73. The van der Waals surface area contributed by atoms with Crippen LogP contribution in [0.15, 0.2) is 9.31 Å². The maximum atomic E-state index is 12.8. The summed E-state index contributed by atoms with van der Waals surface area (Å²) < 4.78 is 32.6. The van der Waals surface area contributed by atoms with Crippen molar-refractivity contribution in [1.29, 1.82) is 0 Å². The zero-order chi connectivity index (χ0) is 14.9. The number of furan rings is 1. The third kappa shape index (κ3) is 2.64. The Kier molecular flexibility index (Phi) is 4.56. The van der Waals surface area contributed by atoms with Crippen molar-refractivity contribution in [2.24, 2.45) is 5.92 Å². The number of rotatable bonds is 4. The number of hydrogen-bond acceptors (Lipinski definition) is 4. The number of aryl methyl sites for hydroxylation is 2. The first-order chi connectivity index (χ1) is 9.41. The van der Waals surface area contributed by atoms with Gasteiger partial charge >= 0.3 is 0 Å². The van der Waals surface area contributed by atoms with Crippen molar-refractivity contribution in [3.8, 4) is 0 Å². The first-order valence-corrected chi connectivity index (χ1v) is 8.55. The number of piperidine rings is 1. The van der Waals surface area contributed by atoms with Gasteiger partial charge in [0, 0.05) is 18.7 Å². The van der Waals surface area contributed by atoms with E-state index >= 15 is 0 Å². The van der Waals surface area contributed by atoms with Crippen LogP contribution < -0.4 is 0 Å². The molecule has 114 valence electrons. The van der Waals surface area contributed by atoms with Gasteiger partial charge in [0.15, 0.2) is 0 Å². The van der Waals surface area contributed by atoms with E-state index in [1.165, 1.54) is 0 Å². The SMILES string of the molecule is CCC1CCCN(S(=O)(=O)c2c(C)oc(C)c2CO)C1. The summed E-state index contributed by atoms with van der Waals surface area (Å²) in [5.41, 5.74) is 0.390. The minimum Gasteiger partial charge on any atom is -0.465 e. The lowest BCUT2D eigenvalue weighted by molar-refractivity contribution is 0.259. The fraction of sp³-hybridized carbons (Fsp3) is 0.714. The van der Waals surface area contributed by atoms with Crippen molar-refractivity contribution in [3.05, 3.63) is 17.1 Å². The summed E-state index contributed by atoms with van der Waals surface area (Å²) in [7, 11) is -3.58. The molecule has 1 aromatic rings. The highest BCUT2D eigenvalue weighted by Gasteiger charge is 2.34. The summed E-state index contributed by atoms with van der Waals surface area (Å²) in [5, 5.41) is 9.43. The molecule has 20 heavy (non-hydrogen) atoms. The van der Waals surface area contributed by atoms with Crippen LogP contribution in [-0.2, 0) is 16.6 Å². The molecule has 0 aromatic carbocycles. The van der Waals surface area contributed by atoms with Crippen LogP contribution in [0, 0.1) is 19.8 Å². The average molecular weight is 301 g/mol. The summed E-state index contributed by atoms with van der Waals surface area (Å²) >= 11 is 0. The summed E-state index contributed by atoms with van der Waals surface area (Å²) in [5.74, 6) is 1.27. The van der Waals surface area contributed by atoms with Gasteiger partial charge in [-0.05, 0) is 32.6 Å². The lowest BCUT2D eigenvalue weighted by Crippen LogP contribution is -2.40. The van der Waals surface area contributed by atoms with Crippen LogP contribution in [0.1, 0.15) is 43.3 Å². The van der Waals surface area contributed by atoms with Crippen molar-refractivity contribution in [1.82, 2.24) is 4.31 Å². The number of aliphatic hydroxyl groups is 1. The minimum atomic E-state index is -3.58. The van der Waals surface area contributed by atoms with Crippen LogP contribution in [0.2, 0.25) is 0 Å². The van der Waals surface area contributed by atoms with E-state index < -0.39 is 10.0 Å². The third-order valence-corrected chi connectivity index (χ3v) is 6.20. The number of nitrogens with zero attached hydrogens (tertiary/aromatic N) is 1. The van der Waals surface area contributed by atoms with E-state index in [-0.39, 0.29) is 11.5 Å². The second-order valence-corrected chi connectivity index (χ2v) is 7.33. The molecule has 6 heteroatoms. The number of aliphatic hydroxyl groups excluding tert-OH is 1. The molecule has 1 N–H and O–H groups in total. The predicted octanol–water partition coefficient (Wildman–Crippen LogP) is 2.20. The molecule has 1 aromatic heterocycles. The lowest BCUT2D eigenvalue weighted by atomic mass is 9.97. The Morgan fingerprint density at radius 2 is 2.05 bits per heavy atom. The highest BCUT2D eigenvalue weighted by atomic mass is 32.2. The van der Waals surface area contributed by atoms with Crippen LogP contribution >= 0.6 is 0 Å². The summed E-state index contributed by atoms with van der Waals surface area (Å²) in [6.07, 6.45) is 2.96. The molecule has 2 rings (SSSR count). The Labute approximate surface area is 120 Å². The maximum absolute atomic E-state index is 12.8. The first-order valence-electron chi connectivity index (χ1n) is 7.11. The second-order valence-electron chi connectivity index (χ2n) is 5.46. The number of hydrogen-bond donors (Lipinski definition) is 1. The van der Waals surface area contributed by atoms with Gasteiger partial charge in [-0.3, -0.25) is 0 Å². The monoisotopic (exact) mass is 301 g/mol. The standard InChI is InChI=1S/C14H23NO4S/c1-4-12-6-5-7-15(8-12)20(17,18)14-11(3)19-10(2)13(14)9-16/h12,16H,4-9H2,1-3H3. The molecule has 1 fully saturated rings. The predicted molar refractivity (Wildman–Crippen MR) is 75.9 cm³/mol. The summed E-state index contributed by atoms with van der Waals surface area (Å²) in [4.78, 5) is 0.161. The summed E-state index contributed by atoms with van der Waals surface area (Å²) in [6.45, 7) is 6.21. The van der Waals surface area contributed by atoms with Gasteiger partial charge in [0.1, 0.15) is 16.4 Å². The fourth-order valence-electron chi connectivity index (χ4n) is 2.94. The van der Waals surface area contributed by atoms with Gasteiger partial charge in [-0.2, -0.15) is 4.31 Å². The lowest BCUT2D eigenvalue weighted by Gasteiger charge is -2.31. The zero-order valence-electron chi connectivity index (χ0n) is 12.3. The van der Waals surface area contributed by atoms with Crippen molar-refractivity contribution < 1.29 is 17.9 Å². The quantitative estimate of drug-likeness (QED) is 0.925. The molecule has 5 nitrogen and oxygen atoms in total. The van der Waals surface area contributed by atoms with Crippen LogP contribution in [0.5, 0.6) is 0 Å². The van der Waals surface area contributed by atoms with Gasteiger partial charge in [-0.25, -0.2) is 8.42 Å². The molecule has 0 bridgehead atoms. The molecule has 1 aliphatic rings. The van der Waals surface area contributed by atoms with E-state index in [4.69, 9.17) is 4.42 Å². The molecule has 1 unspecified atom stereocenters. The largest absolute Gasteiger partial charge is 0.465 e. The van der Waals surface area contributed by atoms with Gasteiger partial charge in [0.25, 0.3) is 0 Å². The normalized spacial score (nSPS) is 21.3. The number of sulfonamides is 1. The van der Waals surface area contributed by atoms with E-state index in [0.717, 1.165) is 19.3 Å². The van der Waals surface area contributed by atoms with Crippen LogP contribution in [0.25, 0.3) is 0 Å². The molecule has 2 heterocycles. The second kappa shape index (κ2) is 5.87. The maximum Gasteiger partial charge on any atom is 0.246 e. The zero-order valence-corrected chi connectivity index (χ0v) is 13.2. The third-order valence-electron chi connectivity index (χ3n) is 4.14. The molecule has 0 saturated carbocycles.